The average Bonchev–Trinajstić information content (AvgIpc) is 2.67. The minimum atomic E-state index is 0.382. The van der Waals surface area contributed by atoms with Gasteiger partial charge in [-0.1, -0.05) is 95.5 Å². The van der Waals surface area contributed by atoms with Gasteiger partial charge in [0.15, 0.2) is 5.11 Å². The molecule has 3 aromatic rings. The summed E-state index contributed by atoms with van der Waals surface area (Å²) in [6.07, 6.45) is 0. The Bertz CT molecular complexity index is 876. The van der Waals surface area contributed by atoms with Gasteiger partial charge in [-0.3, -0.25) is 0 Å². The summed E-state index contributed by atoms with van der Waals surface area (Å²) in [7, 11) is 0. The molecule has 0 saturated heterocycles. The lowest BCUT2D eigenvalue weighted by atomic mass is 10.2. The van der Waals surface area contributed by atoms with Crippen molar-refractivity contribution in [2.24, 2.45) is 0 Å². The molecule has 3 aromatic carbocycles. The predicted octanol–water partition coefficient (Wildman–Crippen LogP) is 7.05. The quantitative estimate of drug-likeness (QED) is 0.341. The number of hydrogen-bond acceptors (Lipinski definition) is 1. The molecule has 0 saturated carbocycles. The van der Waals surface area contributed by atoms with E-state index in [0.29, 0.717) is 39.0 Å². The molecule has 3 rings (SSSR count). The van der Waals surface area contributed by atoms with E-state index >= 15 is 0 Å². The molecule has 0 radical (unpaired) electrons. The van der Waals surface area contributed by atoms with E-state index in [-0.39, 0.29) is 0 Å². The van der Waals surface area contributed by atoms with E-state index in [9.17, 15) is 0 Å². The Labute approximate surface area is 179 Å². The van der Waals surface area contributed by atoms with Crippen molar-refractivity contribution >= 4 is 57.8 Å². The number of halogens is 3. The van der Waals surface area contributed by atoms with Gasteiger partial charge in [0.2, 0.25) is 0 Å². The van der Waals surface area contributed by atoms with Crippen molar-refractivity contribution in [3.05, 3.63) is 99.0 Å². The van der Waals surface area contributed by atoms with E-state index in [0.717, 1.165) is 11.1 Å². The highest BCUT2D eigenvalue weighted by atomic mass is 35.5. The van der Waals surface area contributed by atoms with Crippen molar-refractivity contribution in [3.8, 4) is 0 Å². The zero-order valence-electron chi connectivity index (χ0n) is 14.3. The Morgan fingerprint density at radius 1 is 0.815 bits per heavy atom. The second-order valence-corrected chi connectivity index (χ2v) is 7.61. The van der Waals surface area contributed by atoms with E-state index in [4.69, 9.17) is 47.0 Å². The van der Waals surface area contributed by atoms with Gasteiger partial charge in [0, 0.05) is 18.1 Å². The molecule has 0 heterocycles. The molecule has 0 aliphatic rings. The van der Waals surface area contributed by atoms with Crippen molar-refractivity contribution in [1.82, 2.24) is 4.90 Å². The zero-order chi connectivity index (χ0) is 19.2. The lowest BCUT2D eigenvalue weighted by Gasteiger charge is -2.26. The molecule has 6 heteroatoms. The number of hydrogen-bond donors (Lipinski definition) is 1. The second kappa shape index (κ2) is 9.43. The van der Waals surface area contributed by atoms with Crippen LogP contribution < -0.4 is 5.32 Å². The molecule has 0 aliphatic heterocycles. The fourth-order valence-electron chi connectivity index (χ4n) is 2.65. The number of nitrogens with one attached hydrogen (secondary N) is 1. The van der Waals surface area contributed by atoms with Gasteiger partial charge >= 0.3 is 0 Å². The van der Waals surface area contributed by atoms with Crippen LogP contribution >= 0.6 is 47.0 Å². The minimum absolute atomic E-state index is 0.382. The smallest absolute Gasteiger partial charge is 0.174 e. The summed E-state index contributed by atoms with van der Waals surface area (Å²) >= 11 is 24.2. The minimum Gasteiger partial charge on any atom is -0.340 e. The molecule has 0 aliphatic carbocycles. The van der Waals surface area contributed by atoms with Crippen LogP contribution in [0.5, 0.6) is 0 Å². The molecule has 0 amide bonds. The topological polar surface area (TPSA) is 15.3 Å². The second-order valence-electron chi connectivity index (χ2n) is 6.01. The van der Waals surface area contributed by atoms with Crippen LogP contribution in [0.15, 0.2) is 72.8 Å². The van der Waals surface area contributed by atoms with Gasteiger partial charge in [-0.2, -0.15) is 0 Å². The Kier molecular flexibility index (Phi) is 6.97. The highest BCUT2D eigenvalue weighted by molar-refractivity contribution is 7.80. The molecule has 0 atom stereocenters. The van der Waals surface area contributed by atoms with E-state index in [1.165, 1.54) is 0 Å². The van der Waals surface area contributed by atoms with Crippen LogP contribution in [-0.4, -0.2) is 10.0 Å². The van der Waals surface area contributed by atoms with Gasteiger partial charge in [-0.05, 0) is 35.5 Å². The number of anilines is 1. The molecule has 0 spiro atoms. The molecule has 138 valence electrons. The summed E-state index contributed by atoms with van der Waals surface area (Å²) in [5, 5.41) is 5.00. The van der Waals surface area contributed by atoms with E-state index < -0.39 is 0 Å². The number of rotatable bonds is 5. The van der Waals surface area contributed by atoms with Gasteiger partial charge in [0.1, 0.15) is 0 Å². The highest BCUT2D eigenvalue weighted by Crippen LogP contribution is 2.33. The lowest BCUT2D eigenvalue weighted by molar-refractivity contribution is 0.413. The fourth-order valence-corrected chi connectivity index (χ4v) is 3.54. The van der Waals surface area contributed by atoms with Gasteiger partial charge in [0.25, 0.3) is 0 Å². The van der Waals surface area contributed by atoms with Crippen molar-refractivity contribution in [3.63, 3.8) is 0 Å². The number of benzene rings is 3. The monoisotopic (exact) mass is 434 g/mol. The van der Waals surface area contributed by atoms with Gasteiger partial charge in [-0.15, -0.1) is 0 Å². The fraction of sp³-hybridized carbons (Fsp3) is 0.0952. The normalized spacial score (nSPS) is 10.5. The molecule has 1 N–H and O–H groups in total. The first kappa shape index (κ1) is 20.0. The van der Waals surface area contributed by atoms with Gasteiger partial charge < -0.3 is 10.2 Å². The van der Waals surface area contributed by atoms with Crippen LogP contribution in [0.4, 0.5) is 5.69 Å². The SMILES string of the molecule is S=C(Nc1cc(Cl)cc(Cl)c1Cl)N(Cc1ccccc1)Cc1ccccc1. The number of thiocarbonyl (C=S) groups is 1. The first-order valence-electron chi connectivity index (χ1n) is 8.31. The van der Waals surface area contributed by atoms with Crippen LogP contribution in [0.1, 0.15) is 11.1 Å². The van der Waals surface area contributed by atoms with Crippen LogP contribution in [0, 0.1) is 0 Å². The molecular formula is C21H17Cl3N2S. The Morgan fingerprint density at radius 3 is 1.85 bits per heavy atom. The highest BCUT2D eigenvalue weighted by Gasteiger charge is 2.14. The Balaban J connectivity index is 1.84. The third-order valence-corrected chi connectivity index (χ3v) is 5.33. The first-order valence-corrected chi connectivity index (χ1v) is 9.85. The average molecular weight is 436 g/mol. The van der Waals surface area contributed by atoms with E-state index in [1.54, 1.807) is 12.1 Å². The van der Waals surface area contributed by atoms with Gasteiger partial charge in [0.05, 0.1) is 15.7 Å². The molecule has 0 unspecified atom stereocenters. The van der Waals surface area contributed by atoms with Crippen LogP contribution in [-0.2, 0) is 13.1 Å². The maximum absolute atomic E-state index is 6.30. The summed E-state index contributed by atoms with van der Waals surface area (Å²) < 4.78 is 0. The predicted molar refractivity (Wildman–Crippen MR) is 120 cm³/mol. The Morgan fingerprint density at radius 2 is 1.33 bits per heavy atom. The third-order valence-electron chi connectivity index (χ3n) is 3.95. The summed E-state index contributed by atoms with van der Waals surface area (Å²) in [6, 6.07) is 23.7. The summed E-state index contributed by atoms with van der Waals surface area (Å²) in [5.41, 5.74) is 2.91. The van der Waals surface area contributed by atoms with Crippen molar-refractivity contribution < 1.29 is 0 Å². The molecular weight excluding hydrogens is 419 g/mol. The maximum atomic E-state index is 6.30. The largest absolute Gasteiger partial charge is 0.340 e. The molecule has 2 nitrogen and oxygen atoms in total. The van der Waals surface area contributed by atoms with Crippen molar-refractivity contribution in [1.29, 1.82) is 0 Å². The number of nitrogens with zero attached hydrogens (tertiary/aromatic N) is 1. The Hall–Kier alpha value is -1.78. The summed E-state index contributed by atoms with van der Waals surface area (Å²) in [5.74, 6) is 0. The van der Waals surface area contributed by atoms with Crippen LogP contribution in [0.25, 0.3) is 0 Å². The zero-order valence-corrected chi connectivity index (χ0v) is 17.4. The summed E-state index contributed by atoms with van der Waals surface area (Å²) in [6.45, 7) is 1.32. The molecule has 27 heavy (non-hydrogen) atoms. The van der Waals surface area contributed by atoms with E-state index in [1.807, 2.05) is 36.4 Å². The van der Waals surface area contributed by atoms with Gasteiger partial charge in [-0.25, -0.2) is 0 Å². The molecule has 0 aromatic heterocycles. The van der Waals surface area contributed by atoms with Crippen LogP contribution in [0.3, 0.4) is 0 Å². The lowest BCUT2D eigenvalue weighted by Crippen LogP contribution is -2.33. The van der Waals surface area contributed by atoms with Crippen molar-refractivity contribution in [2.45, 2.75) is 13.1 Å². The maximum Gasteiger partial charge on any atom is 0.174 e. The molecule has 0 fully saturated rings. The van der Waals surface area contributed by atoms with Crippen molar-refractivity contribution in [2.75, 3.05) is 5.32 Å². The summed E-state index contributed by atoms with van der Waals surface area (Å²) in [4.78, 5) is 2.07. The third kappa shape index (κ3) is 5.60. The molecule has 0 bridgehead atoms. The standard InChI is InChI=1S/C21H17Cl3N2S/c22-17-11-18(23)20(24)19(12-17)25-21(27)26(13-15-7-3-1-4-8-15)14-16-9-5-2-6-10-16/h1-12H,13-14H2,(H,25,27). The van der Waals surface area contributed by atoms with Crippen LogP contribution in [0.2, 0.25) is 15.1 Å². The first-order chi connectivity index (χ1) is 13.0. The van der Waals surface area contributed by atoms with E-state index in [2.05, 4.69) is 34.5 Å².